The van der Waals surface area contributed by atoms with E-state index in [9.17, 15) is 0 Å². The fourth-order valence-electron chi connectivity index (χ4n) is 14.3. The van der Waals surface area contributed by atoms with E-state index in [1.165, 1.54) is 151 Å². The van der Waals surface area contributed by atoms with Crippen LogP contribution in [0.2, 0.25) is 0 Å². The van der Waals surface area contributed by atoms with Crippen LogP contribution in [0.3, 0.4) is 0 Å². The molecule has 8 atom stereocenters. The molecule has 4 fully saturated rings. The first kappa shape index (κ1) is 63.9. The molecule has 82 heavy (non-hydrogen) atoms. The molecule has 0 bridgehead atoms. The van der Waals surface area contributed by atoms with Crippen molar-refractivity contribution in [3.63, 3.8) is 0 Å². The summed E-state index contributed by atoms with van der Waals surface area (Å²) < 4.78 is 50.4. The van der Waals surface area contributed by atoms with E-state index in [0.29, 0.717) is 11.8 Å². The first-order valence-electron chi connectivity index (χ1n) is 33.6. The Kier molecular flexibility index (Phi) is 27.6. The summed E-state index contributed by atoms with van der Waals surface area (Å²) in [6.45, 7) is 15.9. The minimum atomic E-state index is -0.306. The van der Waals surface area contributed by atoms with Gasteiger partial charge in [0.25, 0.3) is 0 Å². The van der Waals surface area contributed by atoms with E-state index in [1.54, 1.807) is 0 Å². The molecule has 4 aromatic carbocycles. The summed E-state index contributed by atoms with van der Waals surface area (Å²) >= 11 is 0. The highest BCUT2D eigenvalue weighted by atomic mass is 16.7. The largest absolute Gasteiger partial charge is 0.465 e. The highest BCUT2D eigenvalue weighted by Gasteiger charge is 2.27. The van der Waals surface area contributed by atoms with Gasteiger partial charge in [-0.05, 0) is 197 Å². The SMILES string of the molecule is CCC(CC(CC(CC(C)c1ccc(OC(C)OCCC2CCCCC2)cc1)c1ccc(OC(C)OCCC2CCCCC2)cc1)c1ccc(OC(C)OCCC2CCCCC2)cc1)c1ccc(OC(C)OCCC2CCCCC2)cc1. The first-order chi connectivity index (χ1) is 40.1. The average Bonchev–Trinajstić information content (AvgIpc) is 3.51. The molecule has 8 heteroatoms. The van der Waals surface area contributed by atoms with E-state index in [2.05, 4.69) is 111 Å². The van der Waals surface area contributed by atoms with Gasteiger partial charge in [0.1, 0.15) is 23.0 Å². The van der Waals surface area contributed by atoms with Gasteiger partial charge in [0.15, 0.2) is 25.2 Å². The molecule has 0 saturated heterocycles. The van der Waals surface area contributed by atoms with Gasteiger partial charge in [-0.3, -0.25) is 0 Å². The summed E-state index contributed by atoms with van der Waals surface area (Å²) in [4.78, 5) is 0. The van der Waals surface area contributed by atoms with E-state index in [1.807, 2.05) is 27.7 Å². The number of rotatable bonds is 35. The highest BCUT2D eigenvalue weighted by Crippen LogP contribution is 2.44. The van der Waals surface area contributed by atoms with Crippen LogP contribution in [-0.2, 0) is 18.9 Å². The maximum atomic E-state index is 6.43. The normalized spacial score (nSPS) is 20.0. The summed E-state index contributed by atoms with van der Waals surface area (Å²) in [7, 11) is 0. The Balaban J connectivity index is 0.975. The molecule has 0 aromatic heterocycles. The van der Waals surface area contributed by atoms with Crippen molar-refractivity contribution in [3.05, 3.63) is 119 Å². The highest BCUT2D eigenvalue weighted by molar-refractivity contribution is 5.35. The van der Waals surface area contributed by atoms with E-state index in [4.69, 9.17) is 37.9 Å². The van der Waals surface area contributed by atoms with Crippen molar-refractivity contribution in [1.29, 1.82) is 0 Å². The Labute approximate surface area is 498 Å². The van der Waals surface area contributed by atoms with Gasteiger partial charge in [-0.25, -0.2) is 0 Å². The maximum absolute atomic E-state index is 6.43. The first-order valence-corrected chi connectivity index (χ1v) is 33.6. The van der Waals surface area contributed by atoms with Crippen molar-refractivity contribution in [2.75, 3.05) is 26.4 Å². The third-order valence-electron chi connectivity index (χ3n) is 19.4. The molecule has 0 N–H and O–H groups in total. The van der Waals surface area contributed by atoms with Crippen LogP contribution < -0.4 is 18.9 Å². The lowest BCUT2D eigenvalue weighted by Crippen LogP contribution is -2.19. The zero-order valence-corrected chi connectivity index (χ0v) is 52.1. The predicted octanol–water partition coefficient (Wildman–Crippen LogP) is 20.6. The van der Waals surface area contributed by atoms with Crippen molar-refractivity contribution in [2.45, 2.75) is 270 Å². The maximum Gasteiger partial charge on any atom is 0.196 e. The predicted molar refractivity (Wildman–Crippen MR) is 335 cm³/mol. The monoisotopic (exact) mass is 1130 g/mol. The fourth-order valence-corrected chi connectivity index (χ4v) is 14.3. The average molecular weight is 1130 g/mol. The Morgan fingerprint density at radius 3 is 0.829 bits per heavy atom. The molecule has 0 heterocycles. The Hall–Kier alpha value is -4.08. The van der Waals surface area contributed by atoms with Crippen LogP contribution in [0.4, 0.5) is 0 Å². The number of hydrogen-bond acceptors (Lipinski definition) is 8. The molecule has 0 radical (unpaired) electrons. The van der Waals surface area contributed by atoms with Crippen LogP contribution in [-0.4, -0.2) is 51.6 Å². The summed E-state index contributed by atoms with van der Waals surface area (Å²) in [6.07, 6.45) is 34.4. The third-order valence-corrected chi connectivity index (χ3v) is 19.4. The van der Waals surface area contributed by atoms with Gasteiger partial charge in [0, 0.05) is 0 Å². The summed E-state index contributed by atoms with van der Waals surface area (Å²) in [5.41, 5.74) is 5.33. The van der Waals surface area contributed by atoms with Gasteiger partial charge in [-0.1, -0.05) is 191 Å². The molecule has 4 aliphatic carbocycles. The van der Waals surface area contributed by atoms with Crippen LogP contribution in [0.5, 0.6) is 23.0 Å². The van der Waals surface area contributed by atoms with E-state index in [0.717, 1.165) is 124 Å². The molecule has 4 saturated carbocycles. The van der Waals surface area contributed by atoms with Gasteiger partial charge < -0.3 is 37.9 Å². The van der Waals surface area contributed by atoms with Crippen molar-refractivity contribution in [1.82, 2.24) is 0 Å². The second-order valence-electron chi connectivity index (χ2n) is 25.8. The van der Waals surface area contributed by atoms with Gasteiger partial charge in [-0.15, -0.1) is 0 Å². The summed E-state index contributed by atoms with van der Waals surface area (Å²) in [6, 6.07) is 35.6. The van der Waals surface area contributed by atoms with Crippen molar-refractivity contribution in [3.8, 4) is 23.0 Å². The Bertz CT molecular complexity index is 2280. The molecule has 0 spiro atoms. The number of hydrogen-bond donors (Lipinski definition) is 0. The van der Waals surface area contributed by atoms with Crippen molar-refractivity contribution < 1.29 is 37.9 Å². The summed E-state index contributed by atoms with van der Waals surface area (Å²) in [5, 5.41) is 0. The van der Waals surface area contributed by atoms with Crippen molar-refractivity contribution in [2.24, 2.45) is 23.7 Å². The van der Waals surface area contributed by atoms with E-state index in [-0.39, 0.29) is 37.0 Å². The molecule has 0 amide bonds. The lowest BCUT2D eigenvalue weighted by Gasteiger charge is -2.30. The van der Waals surface area contributed by atoms with Gasteiger partial charge in [0.2, 0.25) is 0 Å². The lowest BCUT2D eigenvalue weighted by molar-refractivity contribution is -0.0714. The number of ether oxygens (including phenoxy) is 8. The molecular formula is C74H110O8. The smallest absolute Gasteiger partial charge is 0.196 e. The molecule has 454 valence electrons. The zero-order chi connectivity index (χ0) is 57.1. The number of benzene rings is 4. The van der Waals surface area contributed by atoms with E-state index >= 15 is 0 Å². The van der Waals surface area contributed by atoms with Crippen LogP contribution >= 0.6 is 0 Å². The second-order valence-corrected chi connectivity index (χ2v) is 25.8. The molecule has 8 nitrogen and oxygen atoms in total. The van der Waals surface area contributed by atoms with Crippen LogP contribution in [0.15, 0.2) is 97.1 Å². The molecule has 0 aliphatic heterocycles. The van der Waals surface area contributed by atoms with E-state index < -0.39 is 0 Å². The minimum Gasteiger partial charge on any atom is -0.465 e. The third kappa shape index (κ3) is 22.4. The topological polar surface area (TPSA) is 73.8 Å². The quantitative estimate of drug-likeness (QED) is 0.0422. The van der Waals surface area contributed by atoms with Crippen LogP contribution in [0, 0.1) is 23.7 Å². The lowest BCUT2D eigenvalue weighted by atomic mass is 9.75. The molecule has 8 unspecified atom stereocenters. The van der Waals surface area contributed by atoms with Crippen LogP contribution in [0.25, 0.3) is 0 Å². The van der Waals surface area contributed by atoms with Gasteiger partial charge in [-0.2, -0.15) is 0 Å². The van der Waals surface area contributed by atoms with Crippen LogP contribution in [0.1, 0.15) is 267 Å². The standard InChI is InChI=1S/C74H110O8/c1-7-64(66-30-38-72(39-31-66)80-57(4)76-49-45-61-22-14-9-15-23-61)53-70(68-34-42-74(43-35-68)82-59(6)78-51-47-63-26-18-11-19-27-63)54-69(67-32-40-73(41-33-67)81-58(5)77-50-46-62-24-16-10-17-25-62)52-55(2)65-28-36-71(37-29-65)79-56(3)75-48-44-60-20-12-8-13-21-60/h28-43,55-64,69-70H,7-27,44-54H2,1-6H3. The fraction of sp³-hybridized carbons (Fsp3) is 0.676. The zero-order valence-electron chi connectivity index (χ0n) is 52.1. The Morgan fingerprint density at radius 1 is 0.305 bits per heavy atom. The molecule has 4 aromatic rings. The molecular weight excluding hydrogens is 1020 g/mol. The summed E-state index contributed by atoms with van der Waals surface area (Å²) in [5.74, 6) is 7.74. The van der Waals surface area contributed by atoms with Gasteiger partial charge >= 0.3 is 0 Å². The Morgan fingerprint density at radius 2 is 0.549 bits per heavy atom. The minimum absolute atomic E-state index is 0.258. The second kappa shape index (κ2) is 35.4. The van der Waals surface area contributed by atoms with Gasteiger partial charge in [0.05, 0.1) is 26.4 Å². The molecule has 4 aliphatic rings. The molecule has 8 rings (SSSR count). The van der Waals surface area contributed by atoms with Crippen molar-refractivity contribution >= 4 is 0 Å².